The number of carboxylic acids is 1. The average molecular weight is 245 g/mol. The number of benzene rings is 1. The number of aromatic hydroxyl groups is 1. The molecule has 5 nitrogen and oxygen atoms in total. The smallest absolute Gasteiger partial charge is 0.550 e. The van der Waals surface area contributed by atoms with Crippen LogP contribution < -0.4 is 34.7 Å². The molecule has 0 bridgehead atoms. The number of aryl methyl sites for hydroxylation is 1. The van der Waals surface area contributed by atoms with Crippen molar-refractivity contribution in [3.05, 3.63) is 29.3 Å². The Balaban J connectivity index is 0.00000256. The first-order valence-electron chi connectivity index (χ1n) is 4.75. The fraction of sp³-hybridized carbons (Fsp3) is 0.273. The van der Waals surface area contributed by atoms with Crippen LogP contribution in [0.1, 0.15) is 24.0 Å². The van der Waals surface area contributed by atoms with E-state index in [-0.39, 0.29) is 53.9 Å². The van der Waals surface area contributed by atoms with Gasteiger partial charge < -0.3 is 20.2 Å². The van der Waals surface area contributed by atoms with Gasteiger partial charge in [-0.15, -0.1) is 0 Å². The summed E-state index contributed by atoms with van der Waals surface area (Å²) in [6, 6.07) is 4.79. The largest absolute Gasteiger partial charge is 1.00 e. The van der Waals surface area contributed by atoms with Crippen molar-refractivity contribution in [3.8, 4) is 5.75 Å². The zero-order valence-electron chi connectivity index (χ0n) is 9.80. The van der Waals surface area contributed by atoms with E-state index in [4.69, 9.17) is 5.21 Å². The Hall–Kier alpha value is -1.04. The Morgan fingerprint density at radius 1 is 1.41 bits per heavy atom. The standard InChI is InChI=1S/C11H13NO4.Na/c1-7-2-4-10(13)8(6-7)9(12-16)3-5-11(14)15;/h2,4,6,13,16H,3,5H2,1H3,(H,14,15);/q;+1/p-1/b12-9+;. The van der Waals surface area contributed by atoms with Crippen LogP contribution in [-0.4, -0.2) is 22.0 Å². The predicted molar refractivity (Wildman–Crippen MR) is 55.4 cm³/mol. The molecule has 0 spiro atoms. The number of oxime groups is 1. The molecule has 1 aromatic carbocycles. The first kappa shape index (κ1) is 16.0. The topological polar surface area (TPSA) is 93.0 Å². The van der Waals surface area contributed by atoms with Gasteiger partial charge in [0.15, 0.2) is 0 Å². The monoisotopic (exact) mass is 245 g/mol. The van der Waals surface area contributed by atoms with Gasteiger partial charge in [-0.25, -0.2) is 0 Å². The molecule has 0 radical (unpaired) electrons. The molecule has 1 aromatic rings. The van der Waals surface area contributed by atoms with Gasteiger partial charge in [-0.3, -0.25) is 0 Å². The minimum absolute atomic E-state index is 0. The van der Waals surface area contributed by atoms with E-state index in [1.165, 1.54) is 6.07 Å². The molecule has 2 N–H and O–H groups in total. The maximum atomic E-state index is 10.3. The molecule has 0 aliphatic carbocycles. The number of hydrogen-bond acceptors (Lipinski definition) is 5. The number of aliphatic carboxylic acids is 1. The Bertz CT molecular complexity index is 431. The van der Waals surface area contributed by atoms with Crippen LogP contribution in [0.25, 0.3) is 0 Å². The van der Waals surface area contributed by atoms with E-state index in [0.29, 0.717) is 5.56 Å². The fourth-order valence-corrected chi connectivity index (χ4v) is 1.34. The quantitative estimate of drug-likeness (QED) is 0.263. The minimum Gasteiger partial charge on any atom is -0.550 e. The second-order valence-electron chi connectivity index (χ2n) is 3.44. The predicted octanol–water partition coefficient (Wildman–Crippen LogP) is -2.59. The Morgan fingerprint density at radius 2 is 2.06 bits per heavy atom. The third-order valence-corrected chi connectivity index (χ3v) is 2.15. The SMILES string of the molecule is Cc1ccc(O)c(/C(CCC(=O)[O-])=N/O)c1.[Na+]. The molecule has 0 heterocycles. The maximum absolute atomic E-state index is 10.3. The van der Waals surface area contributed by atoms with Crippen LogP contribution in [0, 0.1) is 6.92 Å². The molecule has 0 aliphatic heterocycles. The number of carboxylic acid groups (broad SMARTS) is 1. The van der Waals surface area contributed by atoms with E-state index in [9.17, 15) is 15.0 Å². The van der Waals surface area contributed by atoms with Gasteiger partial charge in [-0.2, -0.15) is 0 Å². The van der Waals surface area contributed by atoms with Gasteiger partial charge >= 0.3 is 29.6 Å². The molecule has 0 unspecified atom stereocenters. The zero-order valence-corrected chi connectivity index (χ0v) is 11.8. The van der Waals surface area contributed by atoms with Crippen molar-refractivity contribution in [3.63, 3.8) is 0 Å². The van der Waals surface area contributed by atoms with Crippen molar-refractivity contribution in [2.24, 2.45) is 5.16 Å². The number of carbonyl (C=O) groups is 1. The van der Waals surface area contributed by atoms with E-state index in [0.717, 1.165) is 5.56 Å². The van der Waals surface area contributed by atoms with Crippen LogP contribution >= 0.6 is 0 Å². The summed E-state index contributed by atoms with van der Waals surface area (Å²) in [4.78, 5) is 10.3. The number of hydrogen-bond donors (Lipinski definition) is 2. The molecule has 1 rings (SSSR count). The fourth-order valence-electron chi connectivity index (χ4n) is 1.34. The van der Waals surface area contributed by atoms with Gasteiger partial charge in [0.1, 0.15) is 5.75 Å². The summed E-state index contributed by atoms with van der Waals surface area (Å²) in [7, 11) is 0. The molecule has 6 heteroatoms. The Labute approximate surface area is 121 Å². The molecular weight excluding hydrogens is 233 g/mol. The van der Waals surface area contributed by atoms with Crippen LogP contribution in [0.2, 0.25) is 0 Å². The van der Waals surface area contributed by atoms with E-state index in [1.54, 1.807) is 12.1 Å². The summed E-state index contributed by atoms with van der Waals surface area (Å²) < 4.78 is 0. The van der Waals surface area contributed by atoms with Gasteiger partial charge in [-0.1, -0.05) is 16.8 Å². The van der Waals surface area contributed by atoms with E-state index < -0.39 is 5.97 Å². The van der Waals surface area contributed by atoms with Crippen molar-refractivity contribution in [1.29, 1.82) is 0 Å². The number of phenols is 1. The van der Waals surface area contributed by atoms with Crippen LogP contribution in [0.3, 0.4) is 0 Å². The first-order valence-corrected chi connectivity index (χ1v) is 4.75. The molecule has 0 saturated carbocycles. The molecule has 0 aromatic heterocycles. The maximum Gasteiger partial charge on any atom is 1.00 e. The van der Waals surface area contributed by atoms with E-state index in [1.807, 2.05) is 6.92 Å². The number of carbonyl (C=O) groups excluding carboxylic acids is 1. The third-order valence-electron chi connectivity index (χ3n) is 2.15. The summed E-state index contributed by atoms with van der Waals surface area (Å²) in [5, 5.41) is 31.6. The van der Waals surface area contributed by atoms with Crippen LogP contribution in [0.4, 0.5) is 0 Å². The Morgan fingerprint density at radius 3 is 2.59 bits per heavy atom. The van der Waals surface area contributed by atoms with Crippen molar-refractivity contribution >= 4 is 11.7 Å². The molecule has 0 atom stereocenters. The van der Waals surface area contributed by atoms with Crippen LogP contribution in [0.15, 0.2) is 23.4 Å². The average Bonchev–Trinajstić information content (AvgIpc) is 2.23. The normalized spacial score (nSPS) is 10.8. The number of nitrogens with zero attached hydrogens (tertiary/aromatic N) is 1. The van der Waals surface area contributed by atoms with Crippen molar-refractivity contribution in [1.82, 2.24) is 0 Å². The van der Waals surface area contributed by atoms with Gasteiger partial charge in [0.2, 0.25) is 0 Å². The summed E-state index contributed by atoms with van der Waals surface area (Å²) >= 11 is 0. The molecule has 86 valence electrons. The summed E-state index contributed by atoms with van der Waals surface area (Å²) in [6.45, 7) is 1.82. The number of phenolic OH excluding ortho intramolecular Hbond substituents is 1. The molecule has 0 amide bonds. The number of rotatable bonds is 4. The molecule has 0 aliphatic rings. The summed E-state index contributed by atoms with van der Waals surface area (Å²) in [6.07, 6.45) is -0.247. The van der Waals surface area contributed by atoms with Crippen LogP contribution in [-0.2, 0) is 4.79 Å². The summed E-state index contributed by atoms with van der Waals surface area (Å²) in [5.74, 6) is -1.27. The third kappa shape index (κ3) is 4.77. The van der Waals surface area contributed by atoms with Gasteiger partial charge in [0.05, 0.1) is 5.71 Å². The van der Waals surface area contributed by atoms with Crippen molar-refractivity contribution in [2.75, 3.05) is 0 Å². The minimum atomic E-state index is -1.23. The molecular formula is C11H12NNaO4. The van der Waals surface area contributed by atoms with Gasteiger partial charge in [0, 0.05) is 11.5 Å². The molecule has 0 fully saturated rings. The Kier molecular flexibility index (Phi) is 6.87. The molecule has 17 heavy (non-hydrogen) atoms. The first-order chi connectivity index (χ1) is 7.54. The van der Waals surface area contributed by atoms with Gasteiger partial charge in [-0.05, 0) is 31.9 Å². The van der Waals surface area contributed by atoms with E-state index >= 15 is 0 Å². The second-order valence-corrected chi connectivity index (χ2v) is 3.44. The zero-order chi connectivity index (χ0) is 12.1. The van der Waals surface area contributed by atoms with E-state index in [2.05, 4.69) is 5.16 Å². The molecule has 0 saturated heterocycles. The summed E-state index contributed by atoms with van der Waals surface area (Å²) in [5.41, 5.74) is 1.34. The van der Waals surface area contributed by atoms with Crippen LogP contribution in [0.5, 0.6) is 5.75 Å². The van der Waals surface area contributed by atoms with Crippen molar-refractivity contribution in [2.45, 2.75) is 19.8 Å². The van der Waals surface area contributed by atoms with Crippen molar-refractivity contribution < 1.29 is 49.8 Å². The van der Waals surface area contributed by atoms with Gasteiger partial charge in [0.25, 0.3) is 0 Å². The second kappa shape index (κ2) is 7.32.